The monoisotopic (exact) mass is 523 g/mol. The molecular weight excluding hydrogens is 489 g/mol. The van der Waals surface area contributed by atoms with Crippen LogP contribution < -0.4 is 5.32 Å². The van der Waals surface area contributed by atoms with E-state index in [-0.39, 0.29) is 30.2 Å². The van der Waals surface area contributed by atoms with Crippen LogP contribution in [0.5, 0.6) is 0 Å². The summed E-state index contributed by atoms with van der Waals surface area (Å²) < 4.78 is 16.4. The smallest absolute Gasteiger partial charge is 0.509 e. The summed E-state index contributed by atoms with van der Waals surface area (Å²) in [5.41, 5.74) is 0.954. The Morgan fingerprint density at radius 2 is 1.89 bits per heavy atom. The molecular formula is C27H34BN3O7. The number of nitrogens with zero attached hydrogens (tertiary/aromatic N) is 2. The lowest BCUT2D eigenvalue weighted by molar-refractivity contribution is -0.167. The van der Waals surface area contributed by atoms with Crippen molar-refractivity contribution in [3.8, 4) is 0 Å². The standard InChI is InChI=1S/C27H34BN3O7/c1-5-20-24(27(35)36-4)37-28(38-26(20)34)19(13-17(2)3)15-23(32)21(14-18-9-7-6-8-10-18)31-25(33)22-16-29-11-12-30-22/h6-12,16-17,19-21,24H,5,13-15H2,1-4H3,(H,31,33)/t19-,20-,21+,24-/m1/s1. The molecule has 1 aliphatic heterocycles. The van der Waals surface area contributed by atoms with Gasteiger partial charge in [0.25, 0.3) is 11.9 Å². The lowest BCUT2D eigenvalue weighted by atomic mass is 9.63. The molecule has 1 N–H and O–H groups in total. The molecule has 11 heteroatoms. The summed E-state index contributed by atoms with van der Waals surface area (Å²) in [7, 11) is 0.130. The highest BCUT2D eigenvalue weighted by molar-refractivity contribution is 6.50. The van der Waals surface area contributed by atoms with Crippen molar-refractivity contribution in [1.29, 1.82) is 0 Å². The minimum atomic E-state index is -1.11. The Morgan fingerprint density at radius 1 is 1.16 bits per heavy atom. The second-order valence-electron chi connectivity index (χ2n) is 9.77. The van der Waals surface area contributed by atoms with Crippen molar-refractivity contribution in [2.24, 2.45) is 11.8 Å². The van der Waals surface area contributed by atoms with E-state index in [4.69, 9.17) is 14.0 Å². The normalized spacial score (nSPS) is 18.9. The first-order valence-electron chi connectivity index (χ1n) is 12.8. The highest BCUT2D eigenvalue weighted by atomic mass is 16.7. The summed E-state index contributed by atoms with van der Waals surface area (Å²) in [6.45, 7) is 5.72. The van der Waals surface area contributed by atoms with Crippen molar-refractivity contribution in [2.45, 2.75) is 64.4 Å². The van der Waals surface area contributed by atoms with Gasteiger partial charge in [-0.15, -0.1) is 0 Å². The Labute approximate surface area is 223 Å². The van der Waals surface area contributed by atoms with E-state index in [1.165, 1.54) is 25.7 Å². The number of Topliss-reactive ketones (excluding diaryl/α,β-unsaturated/α-hetero) is 1. The molecule has 0 spiro atoms. The second-order valence-corrected chi connectivity index (χ2v) is 9.77. The number of esters is 1. The molecule has 1 saturated heterocycles. The van der Waals surface area contributed by atoms with Gasteiger partial charge in [-0.1, -0.05) is 51.1 Å². The number of amides is 1. The molecule has 0 bridgehead atoms. The summed E-state index contributed by atoms with van der Waals surface area (Å²) in [4.78, 5) is 59.6. The number of nitrogens with one attached hydrogen (secondary N) is 1. The average Bonchev–Trinajstić information content (AvgIpc) is 2.92. The van der Waals surface area contributed by atoms with E-state index in [2.05, 4.69) is 15.3 Å². The van der Waals surface area contributed by atoms with Gasteiger partial charge in [0.1, 0.15) is 5.69 Å². The predicted octanol–water partition coefficient (Wildman–Crippen LogP) is 2.82. The maximum Gasteiger partial charge on any atom is 0.531 e. The number of ether oxygens (including phenoxy) is 1. The van der Waals surface area contributed by atoms with Gasteiger partial charge < -0.3 is 19.4 Å². The van der Waals surface area contributed by atoms with Crippen LogP contribution in [-0.4, -0.2) is 60.0 Å². The third-order valence-electron chi connectivity index (χ3n) is 6.45. The van der Waals surface area contributed by atoms with E-state index in [0.717, 1.165) is 5.56 Å². The van der Waals surface area contributed by atoms with Crippen LogP contribution in [-0.2, 0) is 34.9 Å². The third-order valence-corrected chi connectivity index (χ3v) is 6.45. The maximum absolute atomic E-state index is 13.7. The zero-order valence-corrected chi connectivity index (χ0v) is 22.2. The van der Waals surface area contributed by atoms with Crippen molar-refractivity contribution in [3.63, 3.8) is 0 Å². The van der Waals surface area contributed by atoms with Crippen LogP contribution in [0.1, 0.15) is 56.1 Å². The minimum Gasteiger partial charge on any atom is -0.509 e. The first-order chi connectivity index (χ1) is 18.2. The second kappa shape index (κ2) is 13.8. The summed E-state index contributed by atoms with van der Waals surface area (Å²) in [6, 6.07) is 8.45. The molecule has 1 aliphatic rings. The fourth-order valence-corrected chi connectivity index (χ4v) is 4.56. The van der Waals surface area contributed by atoms with Gasteiger partial charge >= 0.3 is 13.1 Å². The van der Waals surface area contributed by atoms with Gasteiger partial charge in [0.05, 0.1) is 25.3 Å². The number of ketones is 1. The Balaban J connectivity index is 1.83. The highest BCUT2D eigenvalue weighted by Gasteiger charge is 2.49. The number of methoxy groups -OCH3 is 1. The number of hydrogen-bond donors (Lipinski definition) is 1. The van der Waals surface area contributed by atoms with Crippen LogP contribution in [0.3, 0.4) is 0 Å². The predicted molar refractivity (Wildman–Crippen MR) is 139 cm³/mol. The molecule has 4 atom stereocenters. The molecule has 0 aliphatic carbocycles. The van der Waals surface area contributed by atoms with Crippen LogP contribution in [0.4, 0.5) is 0 Å². The Bertz CT molecular complexity index is 1100. The van der Waals surface area contributed by atoms with Crippen LogP contribution in [0, 0.1) is 11.8 Å². The minimum absolute atomic E-state index is 0.0426. The highest BCUT2D eigenvalue weighted by Crippen LogP contribution is 2.33. The lowest BCUT2D eigenvalue weighted by Crippen LogP contribution is -2.52. The van der Waals surface area contributed by atoms with E-state index in [9.17, 15) is 19.2 Å². The largest absolute Gasteiger partial charge is 0.531 e. The number of rotatable bonds is 12. The average molecular weight is 523 g/mol. The first-order valence-corrected chi connectivity index (χ1v) is 12.8. The van der Waals surface area contributed by atoms with Gasteiger partial charge in [-0.2, -0.15) is 0 Å². The molecule has 202 valence electrons. The molecule has 1 fully saturated rings. The quantitative estimate of drug-likeness (QED) is 0.329. The van der Waals surface area contributed by atoms with E-state index >= 15 is 0 Å². The number of benzene rings is 1. The fraction of sp³-hybridized carbons (Fsp3) is 0.481. The zero-order chi connectivity index (χ0) is 27.7. The third kappa shape index (κ3) is 7.70. The molecule has 3 rings (SSSR count). The molecule has 10 nitrogen and oxygen atoms in total. The van der Waals surface area contributed by atoms with E-state index in [0.29, 0.717) is 12.8 Å². The zero-order valence-electron chi connectivity index (χ0n) is 22.2. The van der Waals surface area contributed by atoms with Gasteiger partial charge in [-0.25, -0.2) is 9.78 Å². The number of aromatic nitrogens is 2. The fourth-order valence-electron chi connectivity index (χ4n) is 4.56. The van der Waals surface area contributed by atoms with Crippen LogP contribution in [0.15, 0.2) is 48.9 Å². The van der Waals surface area contributed by atoms with E-state index < -0.39 is 48.8 Å². The van der Waals surface area contributed by atoms with Gasteiger partial charge in [-0.05, 0) is 30.7 Å². The molecule has 1 amide bonds. The molecule has 0 unspecified atom stereocenters. The summed E-state index contributed by atoms with van der Waals surface area (Å²) in [5.74, 6) is -3.19. The molecule has 2 aromatic rings. The topological polar surface area (TPSA) is 134 Å². The Kier molecular flexibility index (Phi) is 10.5. The van der Waals surface area contributed by atoms with Gasteiger partial charge in [-0.3, -0.25) is 19.4 Å². The summed E-state index contributed by atoms with van der Waals surface area (Å²) in [5, 5.41) is 2.79. The summed E-state index contributed by atoms with van der Waals surface area (Å²) >= 11 is 0. The van der Waals surface area contributed by atoms with Crippen LogP contribution >= 0.6 is 0 Å². The number of carbonyl (C=O) groups excluding carboxylic acids is 4. The first kappa shape index (κ1) is 29.0. The van der Waals surface area contributed by atoms with Crippen molar-refractivity contribution in [2.75, 3.05) is 7.11 Å². The van der Waals surface area contributed by atoms with E-state index in [1.807, 2.05) is 44.2 Å². The molecule has 1 aromatic heterocycles. The van der Waals surface area contributed by atoms with E-state index in [1.54, 1.807) is 6.92 Å². The Hall–Kier alpha value is -3.60. The lowest BCUT2D eigenvalue weighted by Gasteiger charge is -2.35. The van der Waals surface area contributed by atoms with Crippen molar-refractivity contribution in [3.05, 3.63) is 60.2 Å². The van der Waals surface area contributed by atoms with Gasteiger partial charge in [0.2, 0.25) is 0 Å². The van der Waals surface area contributed by atoms with Crippen LogP contribution in [0.25, 0.3) is 0 Å². The Morgan fingerprint density at radius 3 is 2.50 bits per heavy atom. The van der Waals surface area contributed by atoms with Crippen molar-refractivity contribution < 1.29 is 33.2 Å². The van der Waals surface area contributed by atoms with Crippen molar-refractivity contribution >= 4 is 30.7 Å². The van der Waals surface area contributed by atoms with Gasteiger partial charge in [0, 0.05) is 24.6 Å². The SMILES string of the molecule is CC[C@H]1C(=O)OB([C@@H](CC(=O)[C@H](Cc2ccccc2)NC(=O)c2cnccn2)CC(C)C)O[C@H]1C(=O)OC. The maximum atomic E-state index is 13.7. The molecule has 1 aromatic carbocycles. The molecule has 38 heavy (non-hydrogen) atoms. The van der Waals surface area contributed by atoms with Crippen molar-refractivity contribution in [1.82, 2.24) is 15.3 Å². The van der Waals surface area contributed by atoms with Crippen LogP contribution in [0.2, 0.25) is 5.82 Å². The molecule has 0 radical (unpaired) electrons. The molecule has 0 saturated carbocycles. The number of hydrogen-bond acceptors (Lipinski definition) is 9. The number of carbonyl (C=O) groups is 4. The van der Waals surface area contributed by atoms with Gasteiger partial charge in [0.15, 0.2) is 11.9 Å². The summed E-state index contributed by atoms with van der Waals surface area (Å²) in [6.07, 6.45) is 4.11. The molecule has 2 heterocycles.